The van der Waals surface area contributed by atoms with Crippen molar-refractivity contribution in [1.29, 1.82) is 0 Å². The summed E-state index contributed by atoms with van der Waals surface area (Å²) >= 11 is 1.31. The maximum Gasteiger partial charge on any atom is 0.230 e. The zero-order chi connectivity index (χ0) is 19.7. The molecule has 1 aliphatic heterocycles. The molecule has 1 aromatic heterocycles. The minimum Gasteiger partial charge on any atom is -0.349 e. The summed E-state index contributed by atoms with van der Waals surface area (Å²) in [7, 11) is -3.06. The molecule has 1 saturated heterocycles. The number of benzene rings is 1. The Morgan fingerprint density at radius 3 is 2.70 bits per heavy atom. The van der Waals surface area contributed by atoms with Crippen molar-refractivity contribution >= 4 is 27.5 Å². The number of rotatable bonds is 6. The minimum absolute atomic E-state index is 0.00101. The molecule has 7 nitrogen and oxygen atoms in total. The van der Waals surface area contributed by atoms with Crippen LogP contribution in [0.5, 0.6) is 0 Å². The molecule has 2 heterocycles. The first-order valence-electron chi connectivity index (χ1n) is 8.86. The zero-order valence-corrected chi connectivity index (χ0v) is 17.4. The van der Waals surface area contributed by atoms with Gasteiger partial charge in [-0.2, -0.15) is 0 Å². The number of aryl methyl sites for hydroxylation is 1. The van der Waals surface area contributed by atoms with Crippen LogP contribution in [0.15, 0.2) is 29.4 Å². The van der Waals surface area contributed by atoms with Crippen LogP contribution in [0.1, 0.15) is 25.8 Å². The van der Waals surface area contributed by atoms with Crippen LogP contribution in [-0.2, 0) is 21.2 Å². The highest BCUT2D eigenvalue weighted by atomic mass is 32.2. The highest BCUT2D eigenvalue weighted by molar-refractivity contribution is 7.99. The second-order valence-electron chi connectivity index (χ2n) is 7.10. The number of nitrogens with one attached hydrogen (secondary N) is 1. The number of hydrogen-bond donors (Lipinski definition) is 1. The van der Waals surface area contributed by atoms with Crippen LogP contribution in [0.25, 0.3) is 11.4 Å². The second-order valence-corrected chi connectivity index (χ2v) is 10.2. The molecule has 0 bridgehead atoms. The fourth-order valence-electron chi connectivity index (χ4n) is 3.32. The fraction of sp³-hybridized carbons (Fsp3) is 0.500. The number of carbonyl (C=O) groups is 1. The molecule has 9 heteroatoms. The number of thioether (sulfide) groups is 1. The molecule has 1 aromatic carbocycles. The van der Waals surface area contributed by atoms with E-state index in [0.29, 0.717) is 18.1 Å². The average Bonchev–Trinajstić information content (AvgIpc) is 3.13. The van der Waals surface area contributed by atoms with E-state index in [-0.39, 0.29) is 23.2 Å². The number of nitrogens with zero attached hydrogens (tertiary/aromatic N) is 3. The Labute approximate surface area is 163 Å². The summed E-state index contributed by atoms with van der Waals surface area (Å²) in [4.78, 5) is 12.3. The van der Waals surface area contributed by atoms with Crippen molar-refractivity contribution < 1.29 is 13.2 Å². The van der Waals surface area contributed by atoms with E-state index in [4.69, 9.17) is 0 Å². The Morgan fingerprint density at radius 2 is 2.07 bits per heavy atom. The molecule has 146 valence electrons. The number of amides is 1. The standard InChI is InChI=1S/C18H24N4O3S2/c1-4-22-16(14-8-6-5-7-13(14)2)20-21-17(22)26-11-15(23)19-18(3)9-10-27(24,25)12-18/h5-8H,4,9-12H2,1-3H3,(H,19,23)/t18-/m1/s1. The summed E-state index contributed by atoms with van der Waals surface area (Å²) < 4.78 is 25.3. The monoisotopic (exact) mass is 408 g/mol. The third kappa shape index (κ3) is 4.52. The molecular formula is C18H24N4O3S2. The van der Waals surface area contributed by atoms with Gasteiger partial charge in [0.15, 0.2) is 20.8 Å². The van der Waals surface area contributed by atoms with Crippen molar-refractivity contribution in [2.75, 3.05) is 17.3 Å². The number of carbonyl (C=O) groups excluding carboxylic acids is 1. The van der Waals surface area contributed by atoms with E-state index in [0.717, 1.165) is 17.0 Å². The van der Waals surface area contributed by atoms with Gasteiger partial charge in [-0.1, -0.05) is 36.0 Å². The van der Waals surface area contributed by atoms with E-state index < -0.39 is 15.4 Å². The number of hydrogen-bond acceptors (Lipinski definition) is 6. The van der Waals surface area contributed by atoms with Crippen molar-refractivity contribution in [3.05, 3.63) is 29.8 Å². The maximum absolute atomic E-state index is 12.3. The van der Waals surface area contributed by atoms with Crippen LogP contribution in [0, 0.1) is 6.92 Å². The third-order valence-electron chi connectivity index (χ3n) is 4.70. The molecule has 0 unspecified atom stereocenters. The van der Waals surface area contributed by atoms with Crippen LogP contribution in [-0.4, -0.2) is 51.9 Å². The lowest BCUT2D eigenvalue weighted by Gasteiger charge is -2.23. The highest BCUT2D eigenvalue weighted by Crippen LogP contribution is 2.27. The summed E-state index contributed by atoms with van der Waals surface area (Å²) in [5.74, 6) is 0.886. The van der Waals surface area contributed by atoms with Crippen LogP contribution >= 0.6 is 11.8 Å². The lowest BCUT2D eigenvalue weighted by Crippen LogP contribution is -2.47. The van der Waals surface area contributed by atoms with Gasteiger partial charge in [0.1, 0.15) is 0 Å². The molecule has 1 fully saturated rings. The van der Waals surface area contributed by atoms with Crippen LogP contribution in [0.4, 0.5) is 0 Å². The van der Waals surface area contributed by atoms with E-state index in [9.17, 15) is 13.2 Å². The molecule has 0 spiro atoms. The van der Waals surface area contributed by atoms with Crippen LogP contribution in [0.2, 0.25) is 0 Å². The Morgan fingerprint density at radius 1 is 1.33 bits per heavy atom. The zero-order valence-electron chi connectivity index (χ0n) is 15.7. The SMILES string of the molecule is CCn1c(SCC(=O)N[C@]2(C)CCS(=O)(=O)C2)nnc1-c1ccccc1C. The van der Waals surface area contributed by atoms with Gasteiger partial charge < -0.3 is 9.88 Å². The lowest BCUT2D eigenvalue weighted by atomic mass is 10.0. The normalized spacial score (nSPS) is 21.3. The van der Waals surface area contributed by atoms with E-state index in [2.05, 4.69) is 15.5 Å². The topological polar surface area (TPSA) is 94.0 Å². The van der Waals surface area contributed by atoms with Gasteiger partial charge in [0.05, 0.1) is 22.8 Å². The first kappa shape index (κ1) is 19.9. The molecule has 27 heavy (non-hydrogen) atoms. The molecule has 3 rings (SSSR count). The molecule has 2 aromatic rings. The molecule has 0 radical (unpaired) electrons. The van der Waals surface area contributed by atoms with Gasteiger partial charge in [-0.25, -0.2) is 8.42 Å². The summed E-state index contributed by atoms with van der Waals surface area (Å²) in [6.07, 6.45) is 0.453. The van der Waals surface area contributed by atoms with Gasteiger partial charge in [-0.05, 0) is 32.8 Å². The van der Waals surface area contributed by atoms with Gasteiger partial charge >= 0.3 is 0 Å². The minimum atomic E-state index is -3.06. The Balaban J connectivity index is 1.68. The van der Waals surface area contributed by atoms with Crippen molar-refractivity contribution in [3.63, 3.8) is 0 Å². The van der Waals surface area contributed by atoms with E-state index in [1.807, 2.05) is 42.7 Å². The van der Waals surface area contributed by atoms with E-state index in [1.165, 1.54) is 11.8 Å². The van der Waals surface area contributed by atoms with Gasteiger partial charge in [0.2, 0.25) is 5.91 Å². The highest BCUT2D eigenvalue weighted by Gasteiger charge is 2.39. The first-order chi connectivity index (χ1) is 12.7. The number of sulfone groups is 1. The van der Waals surface area contributed by atoms with Crippen LogP contribution in [0.3, 0.4) is 0 Å². The third-order valence-corrected chi connectivity index (χ3v) is 7.57. The summed E-state index contributed by atoms with van der Waals surface area (Å²) in [5.41, 5.74) is 1.46. The summed E-state index contributed by atoms with van der Waals surface area (Å²) in [6, 6.07) is 7.98. The Bertz CT molecular complexity index is 955. The summed E-state index contributed by atoms with van der Waals surface area (Å²) in [6.45, 7) is 6.52. The Hall–Kier alpha value is -1.87. The average molecular weight is 409 g/mol. The van der Waals surface area contributed by atoms with Crippen molar-refractivity contribution in [1.82, 2.24) is 20.1 Å². The lowest BCUT2D eigenvalue weighted by molar-refractivity contribution is -0.120. The van der Waals surface area contributed by atoms with Gasteiger partial charge in [0, 0.05) is 12.1 Å². The molecular weight excluding hydrogens is 384 g/mol. The molecule has 0 saturated carbocycles. The largest absolute Gasteiger partial charge is 0.349 e. The maximum atomic E-state index is 12.3. The molecule has 0 aliphatic carbocycles. The number of aromatic nitrogens is 3. The van der Waals surface area contributed by atoms with E-state index in [1.54, 1.807) is 6.92 Å². The predicted octanol–water partition coefficient (Wildman–Crippen LogP) is 2.06. The van der Waals surface area contributed by atoms with E-state index >= 15 is 0 Å². The molecule has 1 amide bonds. The van der Waals surface area contributed by atoms with Gasteiger partial charge in [-0.15, -0.1) is 10.2 Å². The van der Waals surface area contributed by atoms with Crippen LogP contribution < -0.4 is 5.32 Å². The molecule has 1 atom stereocenters. The fourth-order valence-corrected chi connectivity index (χ4v) is 6.21. The first-order valence-corrected chi connectivity index (χ1v) is 11.7. The smallest absolute Gasteiger partial charge is 0.230 e. The molecule has 1 N–H and O–H groups in total. The van der Waals surface area contributed by atoms with Crippen molar-refractivity contribution in [2.24, 2.45) is 0 Å². The van der Waals surface area contributed by atoms with Crippen molar-refractivity contribution in [2.45, 2.75) is 44.4 Å². The van der Waals surface area contributed by atoms with Gasteiger partial charge in [-0.3, -0.25) is 4.79 Å². The Kier molecular flexibility index (Phi) is 5.62. The quantitative estimate of drug-likeness (QED) is 0.736. The molecule has 1 aliphatic rings. The predicted molar refractivity (Wildman–Crippen MR) is 106 cm³/mol. The second kappa shape index (κ2) is 7.63. The van der Waals surface area contributed by atoms with Crippen molar-refractivity contribution in [3.8, 4) is 11.4 Å². The van der Waals surface area contributed by atoms with Gasteiger partial charge in [0.25, 0.3) is 0 Å². The summed E-state index contributed by atoms with van der Waals surface area (Å²) in [5, 5.41) is 12.1.